The molecule has 1 saturated heterocycles. The lowest BCUT2D eigenvalue weighted by molar-refractivity contribution is -0.0641. The molecule has 51 heavy (non-hydrogen) atoms. The van der Waals surface area contributed by atoms with Crippen LogP contribution in [-0.2, 0) is 29.8 Å². The van der Waals surface area contributed by atoms with E-state index in [2.05, 4.69) is 38.8 Å². The fourth-order valence-electron chi connectivity index (χ4n) is 5.21. The summed E-state index contributed by atoms with van der Waals surface area (Å²) in [5.41, 5.74) is -0.554. The number of nitrogens with one attached hydrogen (secondary N) is 1. The van der Waals surface area contributed by atoms with E-state index in [-0.39, 0.29) is 40.3 Å². The number of nitrogens with zero attached hydrogens (tertiary/aromatic N) is 1. The summed E-state index contributed by atoms with van der Waals surface area (Å²) in [6.45, 7) is 10.3. The molecule has 0 radical (unpaired) electrons. The van der Waals surface area contributed by atoms with E-state index in [0.717, 1.165) is 4.57 Å². The molecule has 4 aromatic rings. The number of carbonyl (C=O) groups is 3. The van der Waals surface area contributed by atoms with Crippen LogP contribution in [0.25, 0.3) is 0 Å². The zero-order chi connectivity index (χ0) is 36.8. The van der Waals surface area contributed by atoms with Crippen molar-refractivity contribution in [3.8, 4) is 0 Å². The number of carbonyl (C=O) groups excluding carboxylic acids is 3. The number of esters is 3. The second-order valence-corrected chi connectivity index (χ2v) is 18.5. The summed E-state index contributed by atoms with van der Waals surface area (Å²) in [6, 6.07) is 24.6. The number of hydrogen-bond acceptors (Lipinski definition) is 10. The largest absolute Gasteiger partial charge is 0.459 e. The number of aromatic nitrogens is 2. The molecule has 0 amide bonds. The third-order valence-electron chi connectivity index (χ3n) is 9.14. The molecule has 13 heteroatoms. The zero-order valence-corrected chi connectivity index (χ0v) is 30.2. The Labute approximate surface area is 296 Å². The molecule has 0 saturated carbocycles. The fraction of sp³-hybridized carbons (Fsp3) is 0.342. The molecule has 1 aliphatic rings. The smallest absolute Gasteiger partial charge is 0.338 e. The first-order chi connectivity index (χ1) is 24.2. The van der Waals surface area contributed by atoms with E-state index in [4.69, 9.17) is 23.4 Å². The number of aromatic amines is 1. The first-order valence-electron chi connectivity index (χ1n) is 16.6. The normalized spacial score (nSPS) is 18.9. The molecule has 3 aromatic carbocycles. The minimum atomic E-state index is -2.15. The SMILES string of the molecule is CC(C)(C)[Si](C)(C)OCCc1cn([C@@H]2O[C@H](COC(=O)c3ccccc3)[C@@H](OC(=O)c3ccccc3)[C@H]2OC(=O)c2ccccc2)c(=O)[nH]c1=O. The van der Waals surface area contributed by atoms with Crippen molar-refractivity contribution < 1.29 is 37.8 Å². The fourth-order valence-corrected chi connectivity index (χ4v) is 6.25. The molecule has 1 aliphatic heterocycles. The van der Waals surface area contributed by atoms with Gasteiger partial charge in [0.05, 0.1) is 16.7 Å². The van der Waals surface area contributed by atoms with Gasteiger partial charge in [-0.1, -0.05) is 75.4 Å². The maximum absolute atomic E-state index is 13.5. The van der Waals surface area contributed by atoms with Gasteiger partial charge in [-0.15, -0.1) is 0 Å². The van der Waals surface area contributed by atoms with Gasteiger partial charge in [0.25, 0.3) is 5.56 Å². The Morgan fingerprint density at radius 1 is 0.765 bits per heavy atom. The average molecular weight is 715 g/mol. The maximum atomic E-state index is 13.5. The van der Waals surface area contributed by atoms with E-state index < -0.39 is 68.6 Å². The molecule has 5 rings (SSSR count). The van der Waals surface area contributed by atoms with E-state index >= 15 is 0 Å². The maximum Gasteiger partial charge on any atom is 0.338 e. The summed E-state index contributed by atoms with van der Waals surface area (Å²) >= 11 is 0. The minimum absolute atomic E-state index is 0.0586. The van der Waals surface area contributed by atoms with Crippen LogP contribution in [0.2, 0.25) is 18.1 Å². The standard InChI is InChI=1S/C38H42N2O10Si/c1-38(2,3)51(4,5)47-22-21-28-23-40(37(45)39-32(28)41)33-31(50-36(44)27-19-13-8-14-20-27)30(49-35(43)26-17-11-7-12-18-26)29(48-33)24-46-34(42)25-15-9-6-10-16-25/h6-20,23,29-31,33H,21-22,24H2,1-5H3,(H,39,41,45)/t29-,30-,31-,33-/m1/s1. The van der Waals surface area contributed by atoms with Crippen molar-refractivity contribution >= 4 is 26.2 Å². The molecule has 2 heterocycles. The Hall–Kier alpha value is -5.11. The van der Waals surface area contributed by atoms with Crippen molar-refractivity contribution in [2.24, 2.45) is 0 Å². The number of H-pyrrole nitrogens is 1. The zero-order valence-electron chi connectivity index (χ0n) is 29.2. The van der Waals surface area contributed by atoms with Gasteiger partial charge >= 0.3 is 23.6 Å². The van der Waals surface area contributed by atoms with Crippen LogP contribution in [0.4, 0.5) is 0 Å². The highest BCUT2D eigenvalue weighted by Crippen LogP contribution is 2.37. The summed E-state index contributed by atoms with van der Waals surface area (Å²) in [6.07, 6.45) is -3.88. The summed E-state index contributed by atoms with van der Waals surface area (Å²) in [4.78, 5) is 68.6. The molecule has 0 aliphatic carbocycles. The van der Waals surface area contributed by atoms with Crippen molar-refractivity contribution in [3.63, 3.8) is 0 Å². The van der Waals surface area contributed by atoms with Crippen LogP contribution in [0.15, 0.2) is 107 Å². The summed E-state index contributed by atoms with van der Waals surface area (Å²) in [5.74, 6) is -2.21. The number of hydrogen-bond donors (Lipinski definition) is 1. The first kappa shape index (κ1) is 37.1. The first-order valence-corrected chi connectivity index (χ1v) is 19.5. The van der Waals surface area contributed by atoms with Crippen molar-refractivity contribution in [1.29, 1.82) is 0 Å². The van der Waals surface area contributed by atoms with E-state index in [1.54, 1.807) is 91.0 Å². The van der Waals surface area contributed by atoms with E-state index in [1.165, 1.54) is 6.20 Å². The summed E-state index contributed by atoms with van der Waals surface area (Å²) in [7, 11) is -2.15. The highest BCUT2D eigenvalue weighted by Gasteiger charge is 2.52. The average Bonchev–Trinajstić information content (AvgIpc) is 3.44. The van der Waals surface area contributed by atoms with Crippen LogP contribution in [0, 0.1) is 0 Å². The van der Waals surface area contributed by atoms with Gasteiger partial charge in [-0.3, -0.25) is 14.3 Å². The van der Waals surface area contributed by atoms with Gasteiger partial charge in [-0.25, -0.2) is 19.2 Å². The monoisotopic (exact) mass is 714 g/mol. The van der Waals surface area contributed by atoms with Crippen molar-refractivity contribution in [2.75, 3.05) is 13.2 Å². The van der Waals surface area contributed by atoms with Crippen molar-refractivity contribution in [1.82, 2.24) is 9.55 Å². The van der Waals surface area contributed by atoms with Gasteiger partial charge in [0.15, 0.2) is 26.8 Å². The van der Waals surface area contributed by atoms with Gasteiger partial charge in [-0.05, 0) is 54.5 Å². The van der Waals surface area contributed by atoms with Crippen molar-refractivity contribution in [2.45, 2.75) is 69.9 Å². The number of rotatable bonds is 12. The Morgan fingerprint density at radius 2 is 1.25 bits per heavy atom. The predicted octanol–water partition coefficient (Wildman–Crippen LogP) is 5.31. The van der Waals surface area contributed by atoms with E-state index in [1.807, 2.05) is 0 Å². The molecule has 0 bridgehead atoms. The molecule has 0 spiro atoms. The predicted molar refractivity (Wildman–Crippen MR) is 190 cm³/mol. The molecule has 1 aromatic heterocycles. The topological polar surface area (TPSA) is 152 Å². The highest BCUT2D eigenvalue weighted by atomic mass is 28.4. The van der Waals surface area contributed by atoms with Crippen LogP contribution < -0.4 is 11.2 Å². The molecule has 1 fully saturated rings. The third-order valence-corrected chi connectivity index (χ3v) is 13.7. The van der Waals surface area contributed by atoms with E-state index in [9.17, 15) is 24.0 Å². The third kappa shape index (κ3) is 8.98. The number of benzene rings is 3. The van der Waals surface area contributed by atoms with Gasteiger partial charge in [0.2, 0.25) is 0 Å². The lowest BCUT2D eigenvalue weighted by atomic mass is 10.1. The van der Waals surface area contributed by atoms with E-state index in [0.29, 0.717) is 0 Å². The summed E-state index contributed by atoms with van der Waals surface area (Å²) < 4.78 is 31.2. The molecule has 1 N–H and O–H groups in total. The molecular formula is C38H42N2O10Si. The quantitative estimate of drug-likeness (QED) is 0.116. The van der Waals surface area contributed by atoms with Gasteiger partial charge in [0, 0.05) is 24.8 Å². The number of ether oxygens (including phenoxy) is 4. The van der Waals surface area contributed by atoms with Crippen LogP contribution in [0.3, 0.4) is 0 Å². The molecular weight excluding hydrogens is 673 g/mol. The lowest BCUT2D eigenvalue weighted by Gasteiger charge is -2.36. The van der Waals surface area contributed by atoms with Gasteiger partial charge in [0.1, 0.15) is 12.7 Å². The minimum Gasteiger partial charge on any atom is -0.459 e. The Kier molecular flexibility index (Phi) is 11.5. The van der Waals surface area contributed by atoms with Gasteiger partial charge < -0.3 is 23.4 Å². The van der Waals surface area contributed by atoms with Crippen LogP contribution >= 0.6 is 0 Å². The molecule has 12 nitrogen and oxygen atoms in total. The summed E-state index contributed by atoms with van der Waals surface area (Å²) in [5, 5.41) is -0.0586. The van der Waals surface area contributed by atoms with Gasteiger partial charge in [-0.2, -0.15) is 0 Å². The van der Waals surface area contributed by atoms with Crippen LogP contribution in [0.1, 0.15) is 63.6 Å². The second-order valence-electron chi connectivity index (χ2n) is 13.7. The highest BCUT2D eigenvalue weighted by molar-refractivity contribution is 6.74. The Balaban J connectivity index is 1.51. The molecule has 4 atom stereocenters. The molecule has 0 unspecified atom stereocenters. The Morgan fingerprint density at radius 3 is 1.76 bits per heavy atom. The lowest BCUT2D eigenvalue weighted by Crippen LogP contribution is -2.43. The Bertz CT molecular complexity index is 1940. The van der Waals surface area contributed by atoms with Crippen LogP contribution in [0.5, 0.6) is 0 Å². The van der Waals surface area contributed by atoms with Crippen molar-refractivity contribution in [3.05, 3.63) is 140 Å². The molecule has 268 valence electrons. The van der Waals surface area contributed by atoms with Crippen LogP contribution in [-0.4, -0.2) is 67.3 Å². The second kappa shape index (κ2) is 15.8.